The van der Waals surface area contributed by atoms with E-state index in [1.807, 2.05) is 48.5 Å². The molecule has 1 aliphatic carbocycles. The van der Waals surface area contributed by atoms with Crippen molar-refractivity contribution in [2.75, 3.05) is 0 Å². The van der Waals surface area contributed by atoms with Crippen molar-refractivity contribution < 1.29 is 49.0 Å². The second-order valence-corrected chi connectivity index (χ2v) is 13.4. The minimum absolute atomic E-state index is 0. The molecule has 1 aliphatic rings. The van der Waals surface area contributed by atoms with Crippen molar-refractivity contribution in [1.29, 1.82) is 0 Å². The van der Waals surface area contributed by atoms with Gasteiger partial charge in [-0.15, -0.1) is 39.7 Å². The van der Waals surface area contributed by atoms with Crippen LogP contribution in [0.2, 0.25) is 10.0 Å². The minimum Gasteiger partial charge on any atom is -1.00 e. The predicted molar refractivity (Wildman–Crippen MR) is 177 cm³/mol. The van der Waals surface area contributed by atoms with Crippen molar-refractivity contribution in [2.45, 2.75) is 40.5 Å². The van der Waals surface area contributed by atoms with Gasteiger partial charge in [0.1, 0.15) is 0 Å². The molecule has 0 fully saturated rings. The third-order valence-corrected chi connectivity index (χ3v) is 9.01. The van der Waals surface area contributed by atoms with E-state index >= 15 is 0 Å². The number of halogens is 4. The molecule has 1 atom stereocenters. The molecule has 5 aromatic carbocycles. The zero-order valence-electron chi connectivity index (χ0n) is 25.0. The average molecular weight is 726 g/mol. The molecule has 0 N–H and O–H groups in total. The summed E-state index contributed by atoms with van der Waals surface area (Å²) in [4.78, 5) is 0. The predicted octanol–water partition coefficient (Wildman–Crippen LogP) is 5.58. The summed E-state index contributed by atoms with van der Waals surface area (Å²) in [5.41, 5.74) is 4.17. The zero-order valence-corrected chi connectivity index (χ0v) is 30.5. The Balaban J connectivity index is 0.000000222. The summed E-state index contributed by atoms with van der Waals surface area (Å²) in [6, 6.07) is 35.1. The summed E-state index contributed by atoms with van der Waals surface area (Å²) in [6.45, 7) is 8.99. The molecule has 0 bridgehead atoms. The van der Waals surface area contributed by atoms with E-state index < -0.39 is 0 Å². The Kier molecular flexibility index (Phi) is 15.3. The van der Waals surface area contributed by atoms with E-state index in [1.165, 1.54) is 78.5 Å². The van der Waals surface area contributed by atoms with Gasteiger partial charge in [0.05, 0.1) is 0 Å². The van der Waals surface area contributed by atoms with Gasteiger partial charge >= 0.3 is 120 Å². The van der Waals surface area contributed by atoms with Crippen LogP contribution in [0.3, 0.4) is 0 Å². The van der Waals surface area contributed by atoms with Crippen LogP contribution in [0.1, 0.15) is 51.7 Å². The SMILES string of the molecule is CCCC1[C-]=CC(C(C)(C)C)=C1.Clc1ccc([C](=[Zr+2])c2ccc(Cl)cc2)cc1.[Cl-].[Cl-].c1ccc2c(c1)[cH-]c1ccccc12. The molecule has 43 heavy (non-hydrogen) atoms. The van der Waals surface area contributed by atoms with Gasteiger partial charge in [-0.2, -0.15) is 11.6 Å². The van der Waals surface area contributed by atoms with Gasteiger partial charge in [0, 0.05) is 0 Å². The number of hydrogen-bond acceptors (Lipinski definition) is 0. The Bertz CT molecular complexity index is 1560. The number of allylic oxidation sites excluding steroid dienone is 4. The largest absolute Gasteiger partial charge is 1.00 e. The van der Waals surface area contributed by atoms with Gasteiger partial charge in [0.2, 0.25) is 0 Å². The van der Waals surface area contributed by atoms with Gasteiger partial charge < -0.3 is 24.8 Å². The van der Waals surface area contributed by atoms with E-state index in [1.54, 1.807) is 0 Å². The number of benzene rings is 4. The number of fused-ring (bicyclic) bond motifs is 3. The molecule has 0 saturated carbocycles. The molecule has 6 rings (SSSR count). The molecule has 0 aliphatic heterocycles. The third-order valence-electron chi connectivity index (χ3n) is 7.09. The molecular weight excluding hydrogens is 689 g/mol. The standard InChI is InChI=1S/C13H8Cl2.C13H9.C12H19.2ClH.Zr/c14-12-5-1-10(2-6-12)9-11-3-7-13(15)8-4-11;1-3-7-12-10(5-1)9-11-6-2-4-8-13(11)12;1-5-6-10-7-8-11(9-10)12(2,3)4;;;/h1-8H;1-9H;8-10H,5-6H2,1-4H3;2*1H;/q;2*-1;;;+2/p-2. The van der Waals surface area contributed by atoms with Crippen LogP contribution in [0.15, 0.2) is 121 Å². The molecule has 222 valence electrons. The summed E-state index contributed by atoms with van der Waals surface area (Å²) in [6.07, 6.45) is 10.4. The van der Waals surface area contributed by atoms with Gasteiger partial charge in [-0.25, -0.2) is 6.08 Å². The van der Waals surface area contributed by atoms with Crippen LogP contribution in [0.25, 0.3) is 21.5 Å². The van der Waals surface area contributed by atoms with Gasteiger partial charge in [-0.05, 0) is 0 Å². The Morgan fingerprint density at radius 1 is 0.744 bits per heavy atom. The molecule has 0 radical (unpaired) electrons. The van der Waals surface area contributed by atoms with E-state index in [0.29, 0.717) is 11.3 Å². The van der Waals surface area contributed by atoms with E-state index in [9.17, 15) is 0 Å². The van der Waals surface area contributed by atoms with Crippen molar-refractivity contribution in [2.24, 2.45) is 11.3 Å². The van der Waals surface area contributed by atoms with E-state index in [-0.39, 0.29) is 24.8 Å². The normalized spacial score (nSPS) is 13.6. The first-order valence-corrected chi connectivity index (χ1v) is 16.1. The van der Waals surface area contributed by atoms with Crippen LogP contribution in [-0.4, -0.2) is 3.21 Å². The smallest absolute Gasteiger partial charge is 0.0771 e. The molecular formula is C38H36Cl4Zr-2. The van der Waals surface area contributed by atoms with Crippen molar-refractivity contribution >= 4 is 48.0 Å². The maximum atomic E-state index is 5.86. The summed E-state index contributed by atoms with van der Waals surface area (Å²) in [5, 5.41) is 6.93. The van der Waals surface area contributed by atoms with E-state index in [0.717, 1.165) is 10.0 Å². The number of rotatable bonds is 4. The fraction of sp³-hybridized carbons (Fsp3) is 0.211. The first kappa shape index (κ1) is 37.3. The Morgan fingerprint density at radius 2 is 1.19 bits per heavy atom. The Hall–Kier alpha value is -1.86. The Labute approximate surface area is 294 Å². The van der Waals surface area contributed by atoms with Crippen LogP contribution in [-0.2, 0) is 24.2 Å². The van der Waals surface area contributed by atoms with Crippen LogP contribution in [0.5, 0.6) is 0 Å². The van der Waals surface area contributed by atoms with Gasteiger partial charge in [0.15, 0.2) is 0 Å². The van der Waals surface area contributed by atoms with Gasteiger partial charge in [-0.3, -0.25) is 6.08 Å². The monoisotopic (exact) mass is 722 g/mol. The quantitative estimate of drug-likeness (QED) is 0.213. The second kappa shape index (κ2) is 17.6. The minimum atomic E-state index is 0. The maximum Gasteiger partial charge on any atom is -0.0771 e. The summed E-state index contributed by atoms with van der Waals surface area (Å²) in [5.74, 6) is 0.587. The molecule has 0 saturated heterocycles. The molecule has 0 heterocycles. The van der Waals surface area contributed by atoms with E-state index in [4.69, 9.17) is 23.2 Å². The number of hydrogen-bond donors (Lipinski definition) is 0. The zero-order chi connectivity index (χ0) is 29.4. The van der Waals surface area contributed by atoms with Gasteiger partial charge in [0.25, 0.3) is 0 Å². The molecule has 5 aromatic rings. The van der Waals surface area contributed by atoms with Crippen LogP contribution in [0.4, 0.5) is 0 Å². The first-order chi connectivity index (χ1) is 19.7. The van der Waals surface area contributed by atoms with Crippen LogP contribution < -0.4 is 24.8 Å². The average Bonchev–Trinajstić information content (AvgIpc) is 3.60. The molecule has 0 amide bonds. The molecule has 0 spiro atoms. The van der Waals surface area contributed by atoms with Crippen molar-refractivity contribution in [3.8, 4) is 0 Å². The van der Waals surface area contributed by atoms with Crippen LogP contribution in [0, 0.1) is 17.4 Å². The fourth-order valence-electron chi connectivity index (χ4n) is 4.76. The van der Waals surface area contributed by atoms with Crippen molar-refractivity contribution in [3.63, 3.8) is 0 Å². The molecule has 0 nitrogen and oxygen atoms in total. The summed E-state index contributed by atoms with van der Waals surface area (Å²) >= 11 is 13.1. The first-order valence-electron chi connectivity index (χ1n) is 14.1. The molecule has 5 heteroatoms. The molecule has 0 aromatic heterocycles. The fourth-order valence-corrected chi connectivity index (χ4v) is 5.83. The topological polar surface area (TPSA) is 0 Å². The Morgan fingerprint density at radius 3 is 1.58 bits per heavy atom. The summed E-state index contributed by atoms with van der Waals surface area (Å²) < 4.78 is 1.31. The van der Waals surface area contributed by atoms with Crippen molar-refractivity contribution in [1.82, 2.24) is 0 Å². The molecule has 1 unspecified atom stereocenters. The van der Waals surface area contributed by atoms with Crippen LogP contribution >= 0.6 is 23.2 Å². The maximum absolute atomic E-state index is 5.86. The van der Waals surface area contributed by atoms with E-state index in [2.05, 4.69) is 101 Å². The summed E-state index contributed by atoms with van der Waals surface area (Å²) in [7, 11) is 0. The van der Waals surface area contributed by atoms with Crippen molar-refractivity contribution in [3.05, 3.63) is 148 Å². The third kappa shape index (κ3) is 10.6. The second-order valence-electron chi connectivity index (χ2n) is 11.3. The van der Waals surface area contributed by atoms with Gasteiger partial charge in [-0.1, -0.05) is 88.3 Å².